The number of hydrogen-bond acceptors (Lipinski definition) is 5. The molecule has 0 radical (unpaired) electrons. The van der Waals surface area contributed by atoms with Gasteiger partial charge in [0.05, 0.1) is 6.61 Å². The number of benzene rings is 1. The molecule has 0 unspecified atom stereocenters. The van der Waals surface area contributed by atoms with Crippen molar-refractivity contribution in [2.45, 2.75) is 6.61 Å². The number of aliphatic hydroxyl groups excluding tert-OH is 1. The van der Waals surface area contributed by atoms with Crippen LogP contribution in [0, 0.1) is 0 Å². The van der Waals surface area contributed by atoms with E-state index >= 15 is 0 Å². The summed E-state index contributed by atoms with van der Waals surface area (Å²) in [6.07, 6.45) is 0. The van der Waals surface area contributed by atoms with Crippen LogP contribution < -0.4 is 9.39 Å². The van der Waals surface area contributed by atoms with E-state index in [9.17, 15) is 9.82 Å². The van der Waals surface area contributed by atoms with E-state index in [2.05, 4.69) is 0 Å². The van der Waals surface area contributed by atoms with Crippen molar-refractivity contribution in [1.29, 1.82) is 0 Å². The summed E-state index contributed by atoms with van der Waals surface area (Å²) in [5.41, 5.74) is 0.0303. The number of fused-ring (bicyclic) bond motifs is 1. The predicted octanol–water partition coefficient (Wildman–Crippen LogP) is -0.332. The van der Waals surface area contributed by atoms with Crippen LogP contribution in [-0.2, 0) is 6.61 Å². The lowest BCUT2D eigenvalue weighted by molar-refractivity contribution is 0.0689. The first-order chi connectivity index (χ1) is 7.63. The molecular formula is C9H9BO6. The Morgan fingerprint density at radius 1 is 1.50 bits per heavy atom. The number of carboxylic acid groups (broad SMARTS) is 1. The topological polar surface area (TPSA) is 96.2 Å². The van der Waals surface area contributed by atoms with E-state index in [1.807, 2.05) is 0 Å². The normalized spacial score (nSPS) is 13.8. The lowest BCUT2D eigenvalue weighted by Crippen LogP contribution is -2.35. The van der Waals surface area contributed by atoms with E-state index in [4.69, 9.17) is 19.6 Å². The second-order valence-electron chi connectivity index (χ2n) is 3.27. The van der Waals surface area contributed by atoms with E-state index in [1.165, 1.54) is 12.1 Å². The highest BCUT2D eigenvalue weighted by molar-refractivity contribution is 6.44. The number of hydrogen-bond donors (Lipinski definition) is 3. The maximum absolute atomic E-state index is 11.0. The predicted molar refractivity (Wildman–Crippen MR) is 53.4 cm³/mol. The van der Waals surface area contributed by atoms with Gasteiger partial charge in [0.1, 0.15) is 12.1 Å². The fourth-order valence-corrected chi connectivity index (χ4v) is 1.53. The summed E-state index contributed by atoms with van der Waals surface area (Å²) in [5.74, 6) is -1.03. The zero-order valence-corrected chi connectivity index (χ0v) is 8.21. The van der Waals surface area contributed by atoms with Crippen molar-refractivity contribution in [3.05, 3.63) is 23.3 Å². The number of aromatic carboxylic acids is 1. The quantitative estimate of drug-likeness (QED) is 0.595. The molecule has 0 saturated heterocycles. The second kappa shape index (κ2) is 4.03. The Morgan fingerprint density at radius 2 is 2.25 bits per heavy atom. The molecule has 0 aromatic heterocycles. The monoisotopic (exact) mass is 224 g/mol. The zero-order valence-electron chi connectivity index (χ0n) is 8.21. The minimum atomic E-state index is -1.24. The summed E-state index contributed by atoms with van der Waals surface area (Å²) in [6, 6.07) is 2.95. The van der Waals surface area contributed by atoms with Crippen molar-refractivity contribution < 1.29 is 29.4 Å². The first-order valence-corrected chi connectivity index (χ1v) is 4.61. The van der Waals surface area contributed by atoms with Crippen LogP contribution >= 0.6 is 0 Å². The van der Waals surface area contributed by atoms with E-state index < -0.39 is 19.7 Å². The molecule has 0 aliphatic carbocycles. The molecule has 0 spiro atoms. The van der Waals surface area contributed by atoms with Gasteiger partial charge in [0.25, 0.3) is 0 Å². The second-order valence-corrected chi connectivity index (χ2v) is 3.27. The molecule has 84 valence electrons. The first kappa shape index (κ1) is 10.8. The molecule has 6 nitrogen and oxygen atoms in total. The van der Waals surface area contributed by atoms with Crippen LogP contribution in [-0.4, -0.2) is 34.8 Å². The Hall–Kier alpha value is -1.73. The number of ether oxygens (including phenoxy) is 1. The third-order valence-electron chi connectivity index (χ3n) is 2.23. The molecule has 0 atom stereocenters. The van der Waals surface area contributed by atoms with E-state index in [0.717, 1.165) is 0 Å². The molecule has 0 bridgehead atoms. The molecule has 3 N–H and O–H groups in total. The van der Waals surface area contributed by atoms with Crippen LogP contribution in [0.3, 0.4) is 0 Å². The van der Waals surface area contributed by atoms with Crippen molar-refractivity contribution in [1.82, 2.24) is 0 Å². The third-order valence-corrected chi connectivity index (χ3v) is 2.23. The summed E-state index contributed by atoms with van der Waals surface area (Å²) in [7, 11) is -1.19. The van der Waals surface area contributed by atoms with Gasteiger partial charge >= 0.3 is 13.1 Å². The van der Waals surface area contributed by atoms with Crippen molar-refractivity contribution in [2.24, 2.45) is 0 Å². The molecule has 1 aliphatic rings. The van der Waals surface area contributed by atoms with Crippen molar-refractivity contribution in [3.8, 4) is 11.5 Å². The van der Waals surface area contributed by atoms with Crippen LogP contribution in [0.25, 0.3) is 0 Å². The molecule has 2 rings (SSSR count). The Balaban J connectivity index is 2.57. The van der Waals surface area contributed by atoms with Crippen molar-refractivity contribution >= 4 is 13.1 Å². The largest absolute Gasteiger partial charge is 0.563 e. The van der Waals surface area contributed by atoms with Gasteiger partial charge in [-0.1, -0.05) is 6.07 Å². The van der Waals surface area contributed by atoms with Gasteiger partial charge in [-0.05, 0) is 11.6 Å². The number of aliphatic hydroxyl groups is 1. The molecule has 0 saturated carbocycles. The average Bonchev–Trinajstić information content (AvgIpc) is 2.26. The smallest absolute Gasteiger partial charge is 0.531 e. The van der Waals surface area contributed by atoms with Gasteiger partial charge in [0.15, 0.2) is 11.5 Å². The Bertz CT molecular complexity index is 432. The summed E-state index contributed by atoms with van der Waals surface area (Å²) < 4.78 is 10.1. The lowest BCUT2D eigenvalue weighted by Gasteiger charge is -2.23. The minimum absolute atomic E-state index is 0.0437. The molecule has 1 aromatic carbocycles. The third kappa shape index (κ3) is 1.70. The van der Waals surface area contributed by atoms with Crippen LogP contribution in [0.1, 0.15) is 15.9 Å². The van der Waals surface area contributed by atoms with Gasteiger partial charge < -0.3 is 24.6 Å². The van der Waals surface area contributed by atoms with Crippen LogP contribution in [0.2, 0.25) is 0 Å². The van der Waals surface area contributed by atoms with E-state index in [1.54, 1.807) is 0 Å². The highest BCUT2D eigenvalue weighted by Gasteiger charge is 2.30. The molecule has 0 fully saturated rings. The van der Waals surface area contributed by atoms with Crippen LogP contribution in [0.5, 0.6) is 11.5 Å². The van der Waals surface area contributed by atoms with Gasteiger partial charge in [0, 0.05) is 0 Å². The molecule has 1 aromatic rings. The number of carbonyl (C=O) groups is 1. The number of carboxylic acids is 1. The standard InChI is InChI=1S/C9H9BO6/c11-3-5-1-2-6-8(7(5)9(12)13)16-10(14)4-15-6/h1-2,11,14H,3-4H2,(H,12,13). The number of rotatable bonds is 2. The fraction of sp³-hybridized carbons (Fsp3) is 0.222. The summed E-state index contributed by atoms with van der Waals surface area (Å²) in [4.78, 5) is 11.0. The molecule has 0 amide bonds. The maximum Gasteiger partial charge on any atom is 0.563 e. The Labute approximate surface area is 91.2 Å². The Kier molecular flexibility index (Phi) is 2.72. The first-order valence-electron chi connectivity index (χ1n) is 4.61. The van der Waals surface area contributed by atoms with Gasteiger partial charge in [-0.2, -0.15) is 0 Å². The molecule has 1 heterocycles. The highest BCUT2D eigenvalue weighted by atomic mass is 16.6. The molecule has 1 aliphatic heterocycles. The van der Waals surface area contributed by atoms with Crippen molar-refractivity contribution in [3.63, 3.8) is 0 Å². The maximum atomic E-state index is 11.0. The lowest BCUT2D eigenvalue weighted by atomic mass is 9.91. The van der Waals surface area contributed by atoms with E-state index in [0.29, 0.717) is 0 Å². The zero-order chi connectivity index (χ0) is 11.7. The van der Waals surface area contributed by atoms with Gasteiger partial charge in [-0.3, -0.25) is 0 Å². The molecular weight excluding hydrogens is 215 g/mol. The van der Waals surface area contributed by atoms with Gasteiger partial charge in [-0.25, -0.2) is 4.79 Å². The van der Waals surface area contributed by atoms with Gasteiger partial charge in [-0.15, -0.1) is 0 Å². The summed E-state index contributed by atoms with van der Waals surface area (Å²) in [6.45, 7) is -0.473. The average molecular weight is 224 g/mol. The highest BCUT2D eigenvalue weighted by Crippen LogP contribution is 2.36. The van der Waals surface area contributed by atoms with Crippen LogP contribution in [0.4, 0.5) is 0 Å². The minimum Gasteiger partial charge on any atom is -0.531 e. The molecule has 16 heavy (non-hydrogen) atoms. The van der Waals surface area contributed by atoms with Gasteiger partial charge in [0.2, 0.25) is 0 Å². The summed E-state index contributed by atoms with van der Waals surface area (Å²) >= 11 is 0. The SMILES string of the molecule is O=C(O)c1c(CO)ccc2c1OB(O)CO2. The summed E-state index contributed by atoms with van der Waals surface area (Å²) in [5, 5.41) is 27.2. The molecule has 7 heteroatoms. The van der Waals surface area contributed by atoms with Crippen molar-refractivity contribution in [2.75, 3.05) is 6.51 Å². The fourth-order valence-electron chi connectivity index (χ4n) is 1.53. The van der Waals surface area contributed by atoms with E-state index in [-0.39, 0.29) is 29.1 Å². The Morgan fingerprint density at radius 3 is 2.88 bits per heavy atom. The van der Waals surface area contributed by atoms with Crippen LogP contribution in [0.15, 0.2) is 12.1 Å².